The molecule has 0 radical (unpaired) electrons. The van der Waals surface area contributed by atoms with E-state index >= 15 is 0 Å². The number of nitrogens with zero attached hydrogens (tertiary/aromatic N) is 1. The van der Waals surface area contributed by atoms with Crippen LogP contribution in [0.2, 0.25) is 0 Å². The number of hydrogen-bond acceptors (Lipinski definition) is 6. The third-order valence-electron chi connectivity index (χ3n) is 5.35. The molecular formula is C25H28N2O7. The highest BCUT2D eigenvalue weighted by molar-refractivity contribution is 6.21. The molecule has 3 N–H and O–H groups in total. The zero-order valence-corrected chi connectivity index (χ0v) is 19.5. The van der Waals surface area contributed by atoms with Crippen LogP contribution >= 0.6 is 0 Å². The molecule has 0 saturated carbocycles. The van der Waals surface area contributed by atoms with E-state index < -0.39 is 41.7 Å². The molecule has 0 fully saturated rings. The molecule has 0 spiro atoms. The molecule has 2 atom stereocenters. The number of alkyl carbamates (subject to hydrolysis) is 1. The number of carboxylic acids is 1. The molecule has 34 heavy (non-hydrogen) atoms. The number of aliphatic carboxylic acids is 1. The van der Waals surface area contributed by atoms with Crippen molar-refractivity contribution in [3.8, 4) is 0 Å². The summed E-state index contributed by atoms with van der Waals surface area (Å²) in [5.74, 6) is -2.28. The monoisotopic (exact) mass is 468 g/mol. The normalized spacial score (nSPS) is 15.0. The van der Waals surface area contributed by atoms with Crippen molar-refractivity contribution < 1.29 is 34.1 Å². The van der Waals surface area contributed by atoms with Gasteiger partial charge in [0.1, 0.15) is 5.60 Å². The second-order valence-electron chi connectivity index (χ2n) is 9.23. The maximum atomic E-state index is 12.7. The lowest BCUT2D eigenvalue weighted by Gasteiger charge is -2.25. The van der Waals surface area contributed by atoms with Crippen molar-refractivity contribution >= 4 is 23.9 Å². The van der Waals surface area contributed by atoms with Crippen LogP contribution in [0.4, 0.5) is 4.79 Å². The fourth-order valence-corrected chi connectivity index (χ4v) is 3.78. The summed E-state index contributed by atoms with van der Waals surface area (Å²) in [6, 6.07) is 10.5. The summed E-state index contributed by atoms with van der Waals surface area (Å²) in [4.78, 5) is 49.8. The van der Waals surface area contributed by atoms with E-state index in [0.29, 0.717) is 11.1 Å². The van der Waals surface area contributed by atoms with Gasteiger partial charge in [-0.05, 0) is 57.4 Å². The van der Waals surface area contributed by atoms with Crippen molar-refractivity contribution in [2.75, 3.05) is 0 Å². The van der Waals surface area contributed by atoms with Gasteiger partial charge in [-0.15, -0.1) is 0 Å². The second-order valence-corrected chi connectivity index (χ2v) is 9.23. The quantitative estimate of drug-likeness (QED) is 0.532. The minimum atomic E-state index is -1.52. The molecule has 2 aromatic rings. The number of imide groups is 1. The van der Waals surface area contributed by atoms with Gasteiger partial charge in [-0.3, -0.25) is 14.4 Å². The average molecular weight is 469 g/mol. The number of aliphatic hydroxyl groups excluding tert-OH is 1. The van der Waals surface area contributed by atoms with E-state index in [1.54, 1.807) is 58.0 Å². The molecule has 3 rings (SSSR count). The minimum Gasteiger partial charge on any atom is -0.481 e. The predicted octanol–water partition coefficient (Wildman–Crippen LogP) is 3.19. The van der Waals surface area contributed by atoms with Gasteiger partial charge < -0.3 is 20.3 Å². The van der Waals surface area contributed by atoms with Crippen LogP contribution in [-0.4, -0.2) is 50.6 Å². The van der Waals surface area contributed by atoms with Gasteiger partial charge in [-0.1, -0.05) is 30.3 Å². The highest BCUT2D eigenvalue weighted by Gasteiger charge is 2.39. The van der Waals surface area contributed by atoms with Gasteiger partial charge in [0.15, 0.2) is 6.23 Å². The Balaban J connectivity index is 1.83. The molecule has 0 aromatic heterocycles. The lowest BCUT2D eigenvalue weighted by molar-refractivity contribution is -0.137. The van der Waals surface area contributed by atoms with Crippen molar-refractivity contribution in [1.29, 1.82) is 0 Å². The summed E-state index contributed by atoms with van der Waals surface area (Å²) in [7, 11) is 0. The van der Waals surface area contributed by atoms with Crippen LogP contribution in [0, 0.1) is 6.92 Å². The number of ether oxygens (including phenoxy) is 1. The maximum absolute atomic E-state index is 12.7. The summed E-state index contributed by atoms with van der Waals surface area (Å²) >= 11 is 0. The van der Waals surface area contributed by atoms with E-state index in [1.807, 2.05) is 0 Å². The standard InChI is InChI=1S/C25H28N2O7/c1-14-9-10-15(21(30)27-22(31)18-7-5-6-8-19(18)23(27)32)11-16(14)12-17(13-20(28)29)26-24(33)34-25(2,3)4/h5-11,17,21,30H,12-13H2,1-4H3,(H,26,33)(H,28,29)/t17-,21?/m0/s1. The Morgan fingerprint density at radius 1 is 1.06 bits per heavy atom. The third-order valence-corrected chi connectivity index (χ3v) is 5.35. The SMILES string of the molecule is Cc1ccc(C(O)N2C(=O)c3ccccc3C2=O)cc1C[C@@H](CC(=O)O)NC(=O)OC(C)(C)C. The lowest BCUT2D eigenvalue weighted by atomic mass is 9.96. The molecule has 2 aromatic carbocycles. The number of carbonyl (C=O) groups excluding carboxylic acids is 3. The molecule has 9 heteroatoms. The van der Waals surface area contributed by atoms with Gasteiger partial charge in [-0.2, -0.15) is 0 Å². The zero-order chi connectivity index (χ0) is 25.2. The highest BCUT2D eigenvalue weighted by atomic mass is 16.6. The minimum absolute atomic E-state index is 0.139. The summed E-state index contributed by atoms with van der Waals surface area (Å²) in [5.41, 5.74) is 1.44. The predicted molar refractivity (Wildman–Crippen MR) is 122 cm³/mol. The fourth-order valence-electron chi connectivity index (χ4n) is 3.78. The Kier molecular flexibility index (Phi) is 7.07. The first kappa shape index (κ1) is 24.9. The van der Waals surface area contributed by atoms with Gasteiger partial charge in [0.05, 0.1) is 17.5 Å². The lowest BCUT2D eigenvalue weighted by Crippen LogP contribution is -2.41. The first-order chi connectivity index (χ1) is 15.9. The van der Waals surface area contributed by atoms with Crippen molar-refractivity contribution in [2.24, 2.45) is 0 Å². The number of amides is 3. The molecule has 0 aliphatic carbocycles. The van der Waals surface area contributed by atoms with Gasteiger partial charge in [-0.25, -0.2) is 9.69 Å². The molecular weight excluding hydrogens is 440 g/mol. The molecule has 0 bridgehead atoms. The van der Waals surface area contributed by atoms with Crippen LogP contribution in [0.5, 0.6) is 0 Å². The van der Waals surface area contributed by atoms with Crippen LogP contribution in [0.3, 0.4) is 0 Å². The zero-order valence-electron chi connectivity index (χ0n) is 19.5. The van der Waals surface area contributed by atoms with Crippen LogP contribution in [0.1, 0.15) is 70.8 Å². The number of carbonyl (C=O) groups is 4. The number of hydrogen-bond donors (Lipinski definition) is 3. The van der Waals surface area contributed by atoms with Gasteiger partial charge in [0.2, 0.25) is 0 Å². The summed E-state index contributed by atoms with van der Waals surface area (Å²) in [5, 5.41) is 22.8. The van der Waals surface area contributed by atoms with E-state index in [2.05, 4.69) is 5.32 Å². The molecule has 1 heterocycles. The van der Waals surface area contributed by atoms with E-state index in [-0.39, 0.29) is 24.0 Å². The number of aliphatic hydroxyl groups is 1. The van der Waals surface area contributed by atoms with Gasteiger partial charge in [0, 0.05) is 11.6 Å². The molecule has 1 unspecified atom stereocenters. The molecule has 1 aliphatic heterocycles. The smallest absolute Gasteiger partial charge is 0.407 e. The number of carboxylic acid groups (broad SMARTS) is 1. The van der Waals surface area contributed by atoms with Crippen LogP contribution in [0.15, 0.2) is 42.5 Å². The number of benzene rings is 2. The third kappa shape index (κ3) is 5.60. The second kappa shape index (κ2) is 9.64. The molecule has 9 nitrogen and oxygen atoms in total. The van der Waals surface area contributed by atoms with Crippen molar-refractivity contribution in [3.05, 3.63) is 70.3 Å². The number of fused-ring (bicyclic) bond motifs is 1. The topological polar surface area (TPSA) is 133 Å². The fraction of sp³-hybridized carbons (Fsp3) is 0.360. The number of nitrogens with one attached hydrogen (secondary N) is 1. The maximum Gasteiger partial charge on any atom is 0.407 e. The van der Waals surface area contributed by atoms with E-state index in [1.165, 1.54) is 12.1 Å². The Morgan fingerprint density at radius 2 is 1.65 bits per heavy atom. The van der Waals surface area contributed by atoms with E-state index in [4.69, 9.17) is 4.74 Å². The van der Waals surface area contributed by atoms with Crippen LogP contribution in [0.25, 0.3) is 0 Å². The Morgan fingerprint density at radius 3 is 2.18 bits per heavy atom. The molecule has 3 amide bonds. The van der Waals surface area contributed by atoms with Gasteiger partial charge in [0.25, 0.3) is 11.8 Å². The van der Waals surface area contributed by atoms with Crippen molar-refractivity contribution in [3.63, 3.8) is 0 Å². The average Bonchev–Trinajstić information content (AvgIpc) is 2.98. The van der Waals surface area contributed by atoms with Crippen molar-refractivity contribution in [1.82, 2.24) is 10.2 Å². The van der Waals surface area contributed by atoms with E-state index in [0.717, 1.165) is 10.5 Å². The number of aryl methyl sites for hydroxylation is 1. The first-order valence-corrected chi connectivity index (χ1v) is 10.8. The summed E-state index contributed by atoms with van der Waals surface area (Å²) in [6.07, 6.45) is -2.47. The van der Waals surface area contributed by atoms with Crippen LogP contribution < -0.4 is 5.32 Å². The molecule has 1 aliphatic rings. The highest BCUT2D eigenvalue weighted by Crippen LogP contribution is 2.31. The number of rotatable bonds is 7. The Hall–Kier alpha value is -3.72. The van der Waals surface area contributed by atoms with Crippen molar-refractivity contribution in [2.45, 2.75) is 58.4 Å². The van der Waals surface area contributed by atoms with Gasteiger partial charge >= 0.3 is 12.1 Å². The largest absolute Gasteiger partial charge is 0.481 e. The summed E-state index contributed by atoms with van der Waals surface area (Å²) in [6.45, 7) is 6.91. The molecule has 0 saturated heterocycles. The van der Waals surface area contributed by atoms with Crippen LogP contribution in [-0.2, 0) is 16.0 Å². The summed E-state index contributed by atoms with van der Waals surface area (Å²) < 4.78 is 5.24. The van der Waals surface area contributed by atoms with E-state index in [9.17, 15) is 29.4 Å². The Labute approximate surface area is 197 Å². The Bertz CT molecular complexity index is 1100. The first-order valence-electron chi connectivity index (χ1n) is 10.8. The molecule has 180 valence electrons.